The van der Waals surface area contributed by atoms with Crippen LogP contribution in [0, 0.1) is 0 Å². The zero-order chi connectivity index (χ0) is 20.9. The van der Waals surface area contributed by atoms with Gasteiger partial charge in [0.25, 0.3) is 0 Å². The van der Waals surface area contributed by atoms with Crippen molar-refractivity contribution in [3.05, 3.63) is 24.3 Å². The molecule has 162 valence electrons. The van der Waals surface area contributed by atoms with E-state index in [1.807, 2.05) is 6.92 Å². The number of hydrogen-bond acceptors (Lipinski definition) is 5. The van der Waals surface area contributed by atoms with Gasteiger partial charge in [0.2, 0.25) is 15.9 Å². The van der Waals surface area contributed by atoms with Crippen LogP contribution in [0.2, 0.25) is 0 Å². The number of nitrogens with zero attached hydrogens (tertiary/aromatic N) is 2. The molecule has 29 heavy (non-hydrogen) atoms. The Balaban J connectivity index is 1.54. The number of ether oxygens (including phenoxy) is 1. The van der Waals surface area contributed by atoms with Gasteiger partial charge in [0.15, 0.2) is 0 Å². The lowest BCUT2D eigenvalue weighted by atomic mass is 10.1. The summed E-state index contributed by atoms with van der Waals surface area (Å²) in [5.41, 5.74) is 0. The molecule has 2 aliphatic rings. The summed E-state index contributed by atoms with van der Waals surface area (Å²) in [7, 11) is -1.98. The Morgan fingerprint density at radius 1 is 1.03 bits per heavy atom. The molecule has 0 radical (unpaired) electrons. The smallest absolute Gasteiger partial charge is 0.243 e. The normalized spacial score (nSPS) is 21.3. The minimum atomic E-state index is -3.53. The summed E-state index contributed by atoms with van der Waals surface area (Å²) < 4.78 is 32.4. The second kappa shape index (κ2) is 9.91. The first-order valence-corrected chi connectivity index (χ1v) is 12.0. The van der Waals surface area contributed by atoms with Crippen LogP contribution in [0.15, 0.2) is 29.2 Å². The van der Waals surface area contributed by atoms with Crippen LogP contribution in [0.5, 0.6) is 5.75 Å². The molecule has 1 saturated carbocycles. The van der Waals surface area contributed by atoms with Gasteiger partial charge in [0, 0.05) is 32.2 Å². The van der Waals surface area contributed by atoms with Crippen LogP contribution >= 0.6 is 0 Å². The maximum Gasteiger partial charge on any atom is 0.243 e. The first-order chi connectivity index (χ1) is 13.9. The minimum absolute atomic E-state index is 0.0587. The number of amides is 1. The molecular weight excluding hydrogens is 390 g/mol. The zero-order valence-corrected chi connectivity index (χ0v) is 18.3. The van der Waals surface area contributed by atoms with E-state index in [-0.39, 0.29) is 22.9 Å². The molecule has 1 aromatic rings. The fraction of sp³-hybridized carbons (Fsp3) is 0.667. The molecule has 0 spiro atoms. The maximum atomic E-state index is 12.9. The summed E-state index contributed by atoms with van der Waals surface area (Å²) in [6.07, 6.45) is 7.00. The van der Waals surface area contributed by atoms with E-state index in [0.29, 0.717) is 31.9 Å². The standard InChI is InChI=1S/C21H33N3O4S/c1-17(21(25)22-18-7-5-3-4-6-8-18)23-13-15-24(16-14-23)29(26,27)20-11-9-19(28-2)10-12-20/h9-12,17-18H,3-8,13-16H2,1-2H3,(H,22,25). The van der Waals surface area contributed by atoms with E-state index in [2.05, 4.69) is 10.2 Å². The summed E-state index contributed by atoms with van der Waals surface area (Å²) in [5, 5.41) is 3.21. The van der Waals surface area contributed by atoms with E-state index in [9.17, 15) is 13.2 Å². The number of methoxy groups -OCH3 is 1. The number of rotatable bonds is 6. The van der Waals surface area contributed by atoms with Gasteiger partial charge in [-0.2, -0.15) is 4.31 Å². The van der Waals surface area contributed by atoms with Crippen LogP contribution in [-0.2, 0) is 14.8 Å². The minimum Gasteiger partial charge on any atom is -0.497 e. The molecule has 0 bridgehead atoms. The van der Waals surface area contributed by atoms with Gasteiger partial charge >= 0.3 is 0 Å². The largest absolute Gasteiger partial charge is 0.497 e. The average Bonchev–Trinajstić information content (AvgIpc) is 3.02. The van der Waals surface area contributed by atoms with Crippen LogP contribution < -0.4 is 10.1 Å². The van der Waals surface area contributed by atoms with Crippen LogP contribution in [0.1, 0.15) is 45.4 Å². The quantitative estimate of drug-likeness (QED) is 0.710. The van der Waals surface area contributed by atoms with Crippen LogP contribution in [-0.4, -0.2) is 68.9 Å². The summed E-state index contributed by atoms with van der Waals surface area (Å²) in [6.45, 7) is 3.79. The SMILES string of the molecule is COc1ccc(S(=O)(=O)N2CCN(C(C)C(=O)NC3CCCCCC3)CC2)cc1. The molecule has 3 rings (SSSR count). The van der Waals surface area contributed by atoms with Gasteiger partial charge in [-0.3, -0.25) is 9.69 Å². The summed E-state index contributed by atoms with van der Waals surface area (Å²) in [4.78, 5) is 15.0. The van der Waals surface area contributed by atoms with E-state index >= 15 is 0 Å². The molecular formula is C21H33N3O4S. The topological polar surface area (TPSA) is 79.0 Å². The maximum absolute atomic E-state index is 12.9. The number of benzene rings is 1. The lowest BCUT2D eigenvalue weighted by molar-refractivity contribution is -0.127. The molecule has 7 nitrogen and oxygen atoms in total. The van der Waals surface area contributed by atoms with Crippen molar-refractivity contribution in [2.75, 3.05) is 33.3 Å². The van der Waals surface area contributed by atoms with Gasteiger partial charge in [0.05, 0.1) is 18.0 Å². The second-order valence-corrected chi connectivity index (χ2v) is 9.93. The molecule has 1 aliphatic heterocycles. The summed E-state index contributed by atoms with van der Waals surface area (Å²) >= 11 is 0. The molecule has 1 aromatic carbocycles. The first-order valence-electron chi connectivity index (χ1n) is 10.6. The van der Waals surface area contributed by atoms with Gasteiger partial charge in [-0.15, -0.1) is 0 Å². The Hall–Kier alpha value is -1.64. The first kappa shape index (κ1) is 22.1. The molecule has 0 aromatic heterocycles. The Labute approximate surface area is 174 Å². The number of carbonyl (C=O) groups is 1. The van der Waals surface area contributed by atoms with Crippen molar-refractivity contribution in [2.45, 2.75) is 62.4 Å². The molecule has 1 aliphatic carbocycles. The van der Waals surface area contributed by atoms with Crippen molar-refractivity contribution in [3.63, 3.8) is 0 Å². The molecule has 1 atom stereocenters. The van der Waals surface area contributed by atoms with Gasteiger partial charge in [-0.25, -0.2) is 8.42 Å². The van der Waals surface area contributed by atoms with Gasteiger partial charge in [-0.1, -0.05) is 25.7 Å². The summed E-state index contributed by atoms with van der Waals surface area (Å²) in [6, 6.07) is 6.49. The number of hydrogen-bond donors (Lipinski definition) is 1. The van der Waals surface area contributed by atoms with E-state index in [4.69, 9.17) is 4.74 Å². The van der Waals surface area contributed by atoms with E-state index in [0.717, 1.165) is 12.8 Å². The number of nitrogens with one attached hydrogen (secondary N) is 1. The predicted octanol–water partition coefficient (Wildman–Crippen LogP) is 2.23. The fourth-order valence-electron chi connectivity index (χ4n) is 4.14. The number of sulfonamides is 1. The highest BCUT2D eigenvalue weighted by Crippen LogP contribution is 2.22. The average molecular weight is 424 g/mol. The van der Waals surface area contributed by atoms with Crippen molar-refractivity contribution in [1.82, 2.24) is 14.5 Å². The molecule has 1 amide bonds. The Morgan fingerprint density at radius 2 is 1.62 bits per heavy atom. The summed E-state index contributed by atoms with van der Waals surface area (Å²) in [5.74, 6) is 0.686. The van der Waals surface area contributed by atoms with Crippen molar-refractivity contribution in [1.29, 1.82) is 0 Å². The van der Waals surface area contributed by atoms with E-state index < -0.39 is 10.0 Å². The zero-order valence-electron chi connectivity index (χ0n) is 17.5. The van der Waals surface area contributed by atoms with Crippen LogP contribution in [0.3, 0.4) is 0 Å². The molecule has 8 heteroatoms. The lowest BCUT2D eigenvalue weighted by Crippen LogP contribution is -2.55. The Morgan fingerprint density at radius 3 is 2.17 bits per heavy atom. The Kier molecular flexibility index (Phi) is 7.54. The highest BCUT2D eigenvalue weighted by molar-refractivity contribution is 7.89. The lowest BCUT2D eigenvalue weighted by Gasteiger charge is -2.37. The van der Waals surface area contributed by atoms with E-state index in [1.165, 1.54) is 30.0 Å². The highest BCUT2D eigenvalue weighted by atomic mass is 32.2. The van der Waals surface area contributed by atoms with Crippen molar-refractivity contribution in [3.8, 4) is 5.75 Å². The third-order valence-corrected chi connectivity index (χ3v) is 8.01. The Bertz CT molecular complexity index is 766. The van der Waals surface area contributed by atoms with Crippen molar-refractivity contribution >= 4 is 15.9 Å². The highest BCUT2D eigenvalue weighted by Gasteiger charge is 2.32. The van der Waals surface area contributed by atoms with Crippen molar-refractivity contribution < 1.29 is 17.9 Å². The predicted molar refractivity (Wildman–Crippen MR) is 112 cm³/mol. The molecule has 1 heterocycles. The molecule has 1 unspecified atom stereocenters. The fourth-order valence-corrected chi connectivity index (χ4v) is 5.56. The van der Waals surface area contributed by atoms with Gasteiger partial charge in [0.1, 0.15) is 5.75 Å². The van der Waals surface area contributed by atoms with Crippen LogP contribution in [0.25, 0.3) is 0 Å². The van der Waals surface area contributed by atoms with Crippen molar-refractivity contribution in [2.24, 2.45) is 0 Å². The molecule has 2 fully saturated rings. The molecule has 1 saturated heterocycles. The van der Waals surface area contributed by atoms with Gasteiger partial charge in [-0.05, 0) is 44.0 Å². The number of carbonyl (C=O) groups excluding carboxylic acids is 1. The third-order valence-electron chi connectivity index (χ3n) is 6.10. The van der Waals surface area contributed by atoms with E-state index in [1.54, 1.807) is 31.4 Å². The van der Waals surface area contributed by atoms with Gasteiger partial charge < -0.3 is 10.1 Å². The van der Waals surface area contributed by atoms with Crippen LogP contribution in [0.4, 0.5) is 0 Å². The third kappa shape index (κ3) is 5.49. The monoisotopic (exact) mass is 423 g/mol. The number of piperazine rings is 1. The molecule has 1 N–H and O–H groups in total. The second-order valence-electron chi connectivity index (χ2n) is 7.99.